The fraction of sp³-hybridized carbons (Fsp3) is 0.300. The van der Waals surface area contributed by atoms with E-state index in [1.165, 1.54) is 7.05 Å². The Morgan fingerprint density at radius 3 is 2.62 bits per heavy atom. The first-order chi connectivity index (χ1) is 6.24. The van der Waals surface area contributed by atoms with Crippen LogP contribution in [0, 0.1) is 0 Å². The van der Waals surface area contributed by atoms with Gasteiger partial charge in [0.1, 0.15) is 6.10 Å². The van der Waals surface area contributed by atoms with Crippen LogP contribution < -0.4 is 5.32 Å². The SMILES string of the molecule is CNC(=O)[C@H](O)Cc1ccccc1. The molecule has 1 aromatic rings. The van der Waals surface area contributed by atoms with E-state index in [9.17, 15) is 9.90 Å². The van der Waals surface area contributed by atoms with Crippen LogP contribution in [0.5, 0.6) is 0 Å². The largest absolute Gasteiger partial charge is 0.383 e. The number of aliphatic hydroxyl groups is 1. The van der Waals surface area contributed by atoms with E-state index in [0.29, 0.717) is 6.42 Å². The highest BCUT2D eigenvalue weighted by molar-refractivity contribution is 5.80. The molecule has 0 spiro atoms. The molecule has 0 fully saturated rings. The second-order valence-corrected chi connectivity index (χ2v) is 2.82. The highest BCUT2D eigenvalue weighted by Gasteiger charge is 2.12. The van der Waals surface area contributed by atoms with E-state index in [4.69, 9.17) is 0 Å². The Bertz CT molecular complexity index is 272. The van der Waals surface area contributed by atoms with Crippen LogP contribution in [0.4, 0.5) is 0 Å². The summed E-state index contributed by atoms with van der Waals surface area (Å²) >= 11 is 0. The predicted octanol–water partition coefficient (Wildman–Crippen LogP) is 0.336. The first-order valence-electron chi connectivity index (χ1n) is 4.17. The minimum absolute atomic E-state index is 0.344. The van der Waals surface area contributed by atoms with Crippen LogP contribution in [0.3, 0.4) is 0 Å². The lowest BCUT2D eigenvalue weighted by atomic mass is 10.1. The van der Waals surface area contributed by atoms with Crippen LogP contribution in [0.1, 0.15) is 5.56 Å². The average Bonchev–Trinajstić information content (AvgIpc) is 2.18. The summed E-state index contributed by atoms with van der Waals surface area (Å²) in [5.74, 6) is -0.344. The zero-order valence-corrected chi connectivity index (χ0v) is 7.53. The summed E-state index contributed by atoms with van der Waals surface area (Å²) in [6.07, 6.45) is -0.590. The molecular weight excluding hydrogens is 166 g/mol. The van der Waals surface area contributed by atoms with Crippen molar-refractivity contribution in [3.8, 4) is 0 Å². The normalized spacial score (nSPS) is 12.2. The molecule has 1 atom stereocenters. The van der Waals surface area contributed by atoms with Gasteiger partial charge in [-0.3, -0.25) is 4.79 Å². The molecule has 0 bridgehead atoms. The fourth-order valence-electron chi connectivity index (χ4n) is 1.10. The van der Waals surface area contributed by atoms with Crippen LogP contribution in [0.2, 0.25) is 0 Å². The molecule has 0 aliphatic carbocycles. The Kier molecular flexibility index (Phi) is 3.46. The molecule has 0 unspecified atom stereocenters. The van der Waals surface area contributed by atoms with E-state index < -0.39 is 6.10 Å². The Hall–Kier alpha value is -1.35. The number of benzene rings is 1. The minimum Gasteiger partial charge on any atom is -0.383 e. The second kappa shape index (κ2) is 4.62. The van der Waals surface area contributed by atoms with Gasteiger partial charge in [0, 0.05) is 13.5 Å². The molecule has 3 heteroatoms. The second-order valence-electron chi connectivity index (χ2n) is 2.82. The zero-order chi connectivity index (χ0) is 9.68. The summed E-state index contributed by atoms with van der Waals surface area (Å²) in [4.78, 5) is 11.0. The molecular formula is C10H13NO2. The summed E-state index contributed by atoms with van der Waals surface area (Å²) in [6.45, 7) is 0. The average molecular weight is 179 g/mol. The van der Waals surface area contributed by atoms with Crippen molar-refractivity contribution in [1.82, 2.24) is 5.32 Å². The van der Waals surface area contributed by atoms with Gasteiger partial charge in [-0.15, -0.1) is 0 Å². The maximum absolute atomic E-state index is 11.0. The van der Waals surface area contributed by atoms with Crippen LogP contribution in [0.15, 0.2) is 30.3 Å². The molecule has 1 aromatic carbocycles. The van der Waals surface area contributed by atoms with Crippen molar-refractivity contribution in [3.05, 3.63) is 35.9 Å². The molecule has 0 saturated carbocycles. The molecule has 1 rings (SSSR count). The van der Waals surface area contributed by atoms with Crippen LogP contribution >= 0.6 is 0 Å². The van der Waals surface area contributed by atoms with Crippen molar-refractivity contribution in [1.29, 1.82) is 0 Å². The highest BCUT2D eigenvalue weighted by Crippen LogP contribution is 2.02. The van der Waals surface area contributed by atoms with Gasteiger partial charge in [-0.2, -0.15) is 0 Å². The predicted molar refractivity (Wildman–Crippen MR) is 50.2 cm³/mol. The summed E-state index contributed by atoms with van der Waals surface area (Å²) in [7, 11) is 1.51. The third kappa shape index (κ3) is 2.87. The number of carbonyl (C=O) groups is 1. The number of amides is 1. The molecule has 0 aliphatic rings. The van der Waals surface area contributed by atoms with E-state index in [2.05, 4.69) is 5.32 Å². The molecule has 2 N–H and O–H groups in total. The van der Waals surface area contributed by atoms with Crippen molar-refractivity contribution < 1.29 is 9.90 Å². The number of carbonyl (C=O) groups excluding carboxylic acids is 1. The molecule has 13 heavy (non-hydrogen) atoms. The first kappa shape index (κ1) is 9.74. The summed E-state index contributed by atoms with van der Waals surface area (Å²) in [5, 5.41) is 11.8. The molecule has 70 valence electrons. The van der Waals surface area contributed by atoms with E-state index in [-0.39, 0.29) is 5.91 Å². The lowest BCUT2D eigenvalue weighted by Crippen LogP contribution is -2.33. The Morgan fingerprint density at radius 1 is 1.46 bits per heavy atom. The van der Waals surface area contributed by atoms with E-state index >= 15 is 0 Å². The minimum atomic E-state index is -0.951. The number of hydrogen-bond donors (Lipinski definition) is 2. The molecule has 0 aromatic heterocycles. The van der Waals surface area contributed by atoms with E-state index in [1.54, 1.807) is 0 Å². The van der Waals surface area contributed by atoms with E-state index in [1.807, 2.05) is 30.3 Å². The number of hydrogen-bond acceptors (Lipinski definition) is 2. The van der Waals surface area contributed by atoms with Crippen molar-refractivity contribution in [2.24, 2.45) is 0 Å². The van der Waals surface area contributed by atoms with Crippen LogP contribution in [0.25, 0.3) is 0 Å². The summed E-state index contributed by atoms with van der Waals surface area (Å²) in [5.41, 5.74) is 0.957. The van der Waals surface area contributed by atoms with Crippen LogP contribution in [-0.4, -0.2) is 24.2 Å². The van der Waals surface area contributed by atoms with Crippen molar-refractivity contribution >= 4 is 5.91 Å². The lowest BCUT2D eigenvalue weighted by Gasteiger charge is -2.08. The third-order valence-electron chi connectivity index (χ3n) is 1.82. The number of aliphatic hydroxyl groups excluding tert-OH is 1. The topological polar surface area (TPSA) is 49.3 Å². The number of nitrogens with one attached hydrogen (secondary N) is 1. The molecule has 1 amide bonds. The maximum Gasteiger partial charge on any atom is 0.248 e. The number of rotatable bonds is 3. The van der Waals surface area contributed by atoms with Crippen molar-refractivity contribution in [2.45, 2.75) is 12.5 Å². The van der Waals surface area contributed by atoms with Gasteiger partial charge in [-0.05, 0) is 5.56 Å². The Labute approximate surface area is 77.4 Å². The monoisotopic (exact) mass is 179 g/mol. The van der Waals surface area contributed by atoms with Gasteiger partial charge in [-0.1, -0.05) is 30.3 Å². The van der Waals surface area contributed by atoms with Gasteiger partial charge in [0.05, 0.1) is 0 Å². The number of likely N-dealkylation sites (N-methyl/N-ethyl adjacent to an activating group) is 1. The fourth-order valence-corrected chi connectivity index (χ4v) is 1.10. The first-order valence-corrected chi connectivity index (χ1v) is 4.17. The molecule has 3 nitrogen and oxygen atoms in total. The standard InChI is InChI=1S/C10H13NO2/c1-11-10(13)9(12)7-8-5-3-2-4-6-8/h2-6,9,12H,7H2,1H3,(H,11,13)/t9-/m1/s1. The van der Waals surface area contributed by atoms with Gasteiger partial charge >= 0.3 is 0 Å². The molecule has 0 saturated heterocycles. The summed E-state index contributed by atoms with van der Waals surface area (Å²) < 4.78 is 0. The smallest absolute Gasteiger partial charge is 0.248 e. The van der Waals surface area contributed by atoms with E-state index in [0.717, 1.165) is 5.56 Å². The molecule has 0 aliphatic heterocycles. The zero-order valence-electron chi connectivity index (χ0n) is 7.53. The van der Waals surface area contributed by atoms with Crippen molar-refractivity contribution in [3.63, 3.8) is 0 Å². The Balaban J connectivity index is 2.55. The van der Waals surface area contributed by atoms with Crippen molar-refractivity contribution in [2.75, 3.05) is 7.05 Å². The maximum atomic E-state index is 11.0. The highest BCUT2D eigenvalue weighted by atomic mass is 16.3. The third-order valence-corrected chi connectivity index (χ3v) is 1.82. The summed E-state index contributed by atoms with van der Waals surface area (Å²) in [6, 6.07) is 9.42. The van der Waals surface area contributed by atoms with Gasteiger partial charge in [-0.25, -0.2) is 0 Å². The van der Waals surface area contributed by atoms with Crippen LogP contribution in [-0.2, 0) is 11.2 Å². The quantitative estimate of drug-likeness (QED) is 0.702. The van der Waals surface area contributed by atoms with Gasteiger partial charge in [0.15, 0.2) is 0 Å². The lowest BCUT2D eigenvalue weighted by molar-refractivity contribution is -0.128. The molecule has 0 radical (unpaired) electrons. The van der Waals surface area contributed by atoms with Gasteiger partial charge in [0.2, 0.25) is 5.91 Å². The van der Waals surface area contributed by atoms with Gasteiger partial charge in [0.25, 0.3) is 0 Å². The van der Waals surface area contributed by atoms with Gasteiger partial charge < -0.3 is 10.4 Å². The Morgan fingerprint density at radius 2 is 2.08 bits per heavy atom. The molecule has 0 heterocycles.